The van der Waals surface area contributed by atoms with Gasteiger partial charge in [0, 0.05) is 24.8 Å². The highest BCUT2D eigenvalue weighted by Gasteiger charge is 2.18. The Bertz CT molecular complexity index is 479. The molecule has 0 bridgehead atoms. The summed E-state index contributed by atoms with van der Waals surface area (Å²) in [5, 5.41) is 13.1. The number of nitro benzene ring substituents is 1. The van der Waals surface area contributed by atoms with Crippen molar-refractivity contribution >= 4 is 11.6 Å². The third-order valence-electron chi connectivity index (χ3n) is 2.35. The van der Waals surface area contributed by atoms with Gasteiger partial charge in [-0.15, -0.1) is 0 Å². The first-order valence-electron chi connectivity index (χ1n) is 5.78. The van der Waals surface area contributed by atoms with Crippen molar-refractivity contribution in [3.8, 4) is 0 Å². The van der Waals surface area contributed by atoms with E-state index in [2.05, 4.69) is 5.32 Å². The van der Waals surface area contributed by atoms with E-state index in [1.165, 1.54) is 0 Å². The lowest BCUT2D eigenvalue weighted by molar-refractivity contribution is -0.384. The van der Waals surface area contributed by atoms with Crippen LogP contribution in [0.1, 0.15) is 24.2 Å². The Kier molecular flexibility index (Phi) is 5.37. The molecule has 104 valence electrons. The van der Waals surface area contributed by atoms with Gasteiger partial charge in [-0.25, -0.2) is 4.39 Å². The second-order valence-corrected chi connectivity index (χ2v) is 3.96. The minimum atomic E-state index is -0.799. The molecule has 7 heteroatoms. The van der Waals surface area contributed by atoms with Crippen LogP contribution in [0.3, 0.4) is 0 Å². The molecule has 0 aliphatic rings. The van der Waals surface area contributed by atoms with Gasteiger partial charge < -0.3 is 10.1 Å². The second-order valence-electron chi connectivity index (χ2n) is 3.96. The normalized spacial score (nSPS) is 11.9. The standard InChI is InChI=1S/C12H15FN2O4/c1-3-19-7-8(2)14-12(16)10-6-9(15(17)18)4-5-11(10)13/h4-6,8H,3,7H2,1-2H3,(H,14,16). The highest BCUT2D eigenvalue weighted by molar-refractivity contribution is 5.95. The molecule has 6 nitrogen and oxygen atoms in total. The van der Waals surface area contributed by atoms with Gasteiger partial charge in [-0.2, -0.15) is 0 Å². The van der Waals surface area contributed by atoms with Crippen molar-refractivity contribution in [1.82, 2.24) is 5.32 Å². The number of carbonyl (C=O) groups is 1. The Labute approximate surface area is 109 Å². The number of amides is 1. The smallest absolute Gasteiger partial charge is 0.270 e. The molecular formula is C12H15FN2O4. The molecule has 0 saturated heterocycles. The molecule has 0 aliphatic heterocycles. The summed E-state index contributed by atoms with van der Waals surface area (Å²) >= 11 is 0. The molecule has 0 heterocycles. The van der Waals surface area contributed by atoms with Crippen molar-refractivity contribution in [2.75, 3.05) is 13.2 Å². The topological polar surface area (TPSA) is 81.5 Å². The van der Waals surface area contributed by atoms with E-state index in [0.717, 1.165) is 18.2 Å². The van der Waals surface area contributed by atoms with Crippen LogP contribution in [0.2, 0.25) is 0 Å². The third kappa shape index (κ3) is 4.29. The first kappa shape index (κ1) is 15.0. The molecule has 1 unspecified atom stereocenters. The molecule has 1 N–H and O–H groups in total. The summed E-state index contributed by atoms with van der Waals surface area (Å²) in [6.07, 6.45) is 0. The van der Waals surface area contributed by atoms with Gasteiger partial charge >= 0.3 is 0 Å². The van der Waals surface area contributed by atoms with Gasteiger partial charge in [0.25, 0.3) is 11.6 Å². The summed E-state index contributed by atoms with van der Waals surface area (Å²) in [5.74, 6) is -1.50. The van der Waals surface area contributed by atoms with Crippen LogP contribution < -0.4 is 5.32 Å². The Morgan fingerprint density at radius 2 is 2.26 bits per heavy atom. The number of halogens is 1. The zero-order valence-corrected chi connectivity index (χ0v) is 10.7. The molecule has 1 rings (SSSR count). The van der Waals surface area contributed by atoms with Gasteiger partial charge in [-0.05, 0) is 19.9 Å². The Balaban J connectivity index is 2.81. The molecule has 0 radical (unpaired) electrons. The fourth-order valence-electron chi connectivity index (χ4n) is 1.44. The van der Waals surface area contributed by atoms with Crippen molar-refractivity contribution in [1.29, 1.82) is 0 Å². The van der Waals surface area contributed by atoms with Gasteiger partial charge in [0.2, 0.25) is 0 Å². The predicted octanol–water partition coefficient (Wildman–Crippen LogP) is 1.89. The van der Waals surface area contributed by atoms with E-state index in [-0.39, 0.29) is 17.3 Å². The van der Waals surface area contributed by atoms with E-state index >= 15 is 0 Å². The van der Waals surface area contributed by atoms with Gasteiger partial charge in [-0.3, -0.25) is 14.9 Å². The maximum absolute atomic E-state index is 13.5. The van der Waals surface area contributed by atoms with Crippen molar-refractivity contribution < 1.29 is 18.8 Å². The van der Waals surface area contributed by atoms with Gasteiger partial charge in [-0.1, -0.05) is 0 Å². The largest absolute Gasteiger partial charge is 0.380 e. The summed E-state index contributed by atoms with van der Waals surface area (Å²) < 4.78 is 18.6. The molecule has 1 atom stereocenters. The van der Waals surface area contributed by atoms with Crippen molar-refractivity contribution in [3.63, 3.8) is 0 Å². The molecule has 1 amide bonds. The van der Waals surface area contributed by atoms with Crippen LogP contribution in [-0.4, -0.2) is 30.1 Å². The third-order valence-corrected chi connectivity index (χ3v) is 2.35. The molecular weight excluding hydrogens is 255 g/mol. The Morgan fingerprint density at radius 3 is 2.84 bits per heavy atom. The van der Waals surface area contributed by atoms with Crippen LogP contribution in [0.15, 0.2) is 18.2 Å². The zero-order valence-electron chi connectivity index (χ0n) is 10.7. The van der Waals surface area contributed by atoms with E-state index in [1.807, 2.05) is 6.92 Å². The number of carbonyl (C=O) groups excluding carboxylic acids is 1. The number of nitro groups is 1. The molecule has 19 heavy (non-hydrogen) atoms. The first-order chi connectivity index (χ1) is 8.95. The van der Waals surface area contributed by atoms with Crippen molar-refractivity contribution in [3.05, 3.63) is 39.7 Å². The summed E-state index contributed by atoms with van der Waals surface area (Å²) in [7, 11) is 0. The SMILES string of the molecule is CCOCC(C)NC(=O)c1cc([N+](=O)[O-])ccc1F. The summed E-state index contributed by atoms with van der Waals surface area (Å²) in [4.78, 5) is 21.7. The fourth-order valence-corrected chi connectivity index (χ4v) is 1.44. The molecule has 0 spiro atoms. The monoisotopic (exact) mass is 270 g/mol. The van der Waals surface area contributed by atoms with E-state index in [9.17, 15) is 19.3 Å². The molecule has 0 aromatic heterocycles. The second kappa shape index (κ2) is 6.79. The quantitative estimate of drug-likeness (QED) is 0.632. The molecule has 0 saturated carbocycles. The number of nitrogens with zero attached hydrogens (tertiary/aromatic N) is 1. The number of hydrogen-bond donors (Lipinski definition) is 1. The van der Waals surface area contributed by atoms with E-state index < -0.39 is 16.6 Å². The maximum Gasteiger partial charge on any atom is 0.270 e. The maximum atomic E-state index is 13.5. The van der Waals surface area contributed by atoms with Crippen molar-refractivity contribution in [2.45, 2.75) is 19.9 Å². The molecule has 0 fully saturated rings. The fraction of sp³-hybridized carbons (Fsp3) is 0.417. The van der Waals surface area contributed by atoms with Gasteiger partial charge in [0.05, 0.1) is 17.1 Å². The molecule has 0 aliphatic carbocycles. The average molecular weight is 270 g/mol. The summed E-state index contributed by atoms with van der Waals surface area (Å²) in [6, 6.07) is 2.51. The average Bonchev–Trinajstić information content (AvgIpc) is 2.36. The highest BCUT2D eigenvalue weighted by Crippen LogP contribution is 2.16. The van der Waals surface area contributed by atoms with Crippen molar-refractivity contribution in [2.24, 2.45) is 0 Å². The number of ether oxygens (including phenoxy) is 1. The Morgan fingerprint density at radius 1 is 1.58 bits per heavy atom. The van der Waals surface area contributed by atoms with Gasteiger partial charge in [0.1, 0.15) is 5.82 Å². The van der Waals surface area contributed by atoms with E-state index in [4.69, 9.17) is 4.74 Å². The first-order valence-corrected chi connectivity index (χ1v) is 5.78. The number of hydrogen-bond acceptors (Lipinski definition) is 4. The highest BCUT2D eigenvalue weighted by atomic mass is 19.1. The number of non-ortho nitro benzene ring substituents is 1. The lowest BCUT2D eigenvalue weighted by atomic mass is 10.1. The molecule has 1 aromatic carbocycles. The minimum absolute atomic E-state index is 0.290. The van der Waals surface area contributed by atoms with Crippen LogP contribution in [0, 0.1) is 15.9 Å². The van der Waals surface area contributed by atoms with Crippen LogP contribution in [0.4, 0.5) is 10.1 Å². The summed E-state index contributed by atoms with van der Waals surface area (Å²) in [5.41, 5.74) is -0.679. The van der Waals surface area contributed by atoms with Crippen LogP contribution in [0.5, 0.6) is 0 Å². The van der Waals surface area contributed by atoms with E-state index in [0.29, 0.717) is 13.2 Å². The lowest BCUT2D eigenvalue weighted by Gasteiger charge is -2.13. The van der Waals surface area contributed by atoms with Crippen LogP contribution in [0.25, 0.3) is 0 Å². The number of nitrogens with one attached hydrogen (secondary N) is 1. The lowest BCUT2D eigenvalue weighted by Crippen LogP contribution is -2.36. The van der Waals surface area contributed by atoms with E-state index in [1.54, 1.807) is 6.92 Å². The number of benzene rings is 1. The predicted molar refractivity (Wildman–Crippen MR) is 66.5 cm³/mol. The number of rotatable bonds is 6. The molecule has 1 aromatic rings. The zero-order chi connectivity index (χ0) is 14.4. The van der Waals surface area contributed by atoms with Crippen LogP contribution in [-0.2, 0) is 4.74 Å². The van der Waals surface area contributed by atoms with Crippen LogP contribution >= 0.6 is 0 Å². The Hall–Kier alpha value is -2.02. The minimum Gasteiger partial charge on any atom is -0.380 e. The summed E-state index contributed by atoms with van der Waals surface area (Å²) in [6.45, 7) is 4.31. The van der Waals surface area contributed by atoms with Gasteiger partial charge in [0.15, 0.2) is 0 Å².